The molecule has 0 spiro atoms. The van der Waals surface area contributed by atoms with Crippen LogP contribution in [-0.4, -0.2) is 21.9 Å². The van der Waals surface area contributed by atoms with E-state index in [-0.39, 0.29) is 11.9 Å². The van der Waals surface area contributed by atoms with E-state index in [9.17, 15) is 4.79 Å². The second-order valence-electron chi connectivity index (χ2n) is 4.08. The lowest BCUT2D eigenvalue weighted by atomic mass is 10.1. The van der Waals surface area contributed by atoms with Crippen LogP contribution >= 0.6 is 0 Å². The molecule has 0 unspecified atom stereocenters. The lowest BCUT2D eigenvalue weighted by Gasteiger charge is -2.12. The van der Waals surface area contributed by atoms with E-state index in [2.05, 4.69) is 15.3 Å². The van der Waals surface area contributed by atoms with Crippen molar-refractivity contribution in [1.82, 2.24) is 15.3 Å². The minimum Gasteiger partial charge on any atom is -0.469 e. The van der Waals surface area contributed by atoms with Gasteiger partial charge < -0.3 is 9.73 Å². The molecule has 0 saturated carbocycles. The van der Waals surface area contributed by atoms with E-state index in [4.69, 9.17) is 4.42 Å². The van der Waals surface area contributed by atoms with Gasteiger partial charge in [0.15, 0.2) is 0 Å². The summed E-state index contributed by atoms with van der Waals surface area (Å²) >= 11 is 0. The first kappa shape index (κ1) is 12.3. The van der Waals surface area contributed by atoms with Crippen molar-refractivity contribution in [2.45, 2.75) is 25.8 Å². The molecule has 0 bridgehead atoms. The first-order valence-electron chi connectivity index (χ1n) is 5.85. The van der Waals surface area contributed by atoms with E-state index in [0.29, 0.717) is 5.69 Å². The van der Waals surface area contributed by atoms with Crippen LogP contribution in [0.25, 0.3) is 0 Å². The number of amides is 1. The van der Waals surface area contributed by atoms with Gasteiger partial charge in [-0.2, -0.15) is 0 Å². The largest absolute Gasteiger partial charge is 0.469 e. The summed E-state index contributed by atoms with van der Waals surface area (Å²) in [4.78, 5) is 19.6. The Morgan fingerprint density at radius 3 is 3.06 bits per heavy atom. The average Bonchev–Trinajstić information content (AvgIpc) is 2.90. The fraction of sp³-hybridized carbons (Fsp3) is 0.308. The highest BCUT2D eigenvalue weighted by atomic mass is 16.3. The number of furan rings is 1. The van der Waals surface area contributed by atoms with E-state index < -0.39 is 0 Å². The third kappa shape index (κ3) is 3.41. The molecule has 0 radical (unpaired) electrons. The zero-order chi connectivity index (χ0) is 12.8. The second-order valence-corrected chi connectivity index (χ2v) is 4.08. The third-order valence-corrected chi connectivity index (χ3v) is 2.58. The van der Waals surface area contributed by atoms with E-state index in [0.717, 1.165) is 18.6 Å². The first-order valence-corrected chi connectivity index (χ1v) is 5.85. The molecule has 2 aromatic heterocycles. The molecule has 1 N–H and O–H groups in total. The minimum atomic E-state index is -0.199. The lowest BCUT2D eigenvalue weighted by molar-refractivity contribution is 0.0932. The fourth-order valence-electron chi connectivity index (χ4n) is 1.60. The molecule has 1 atom stereocenters. The van der Waals surface area contributed by atoms with Gasteiger partial charge in [0.1, 0.15) is 11.5 Å². The molecule has 94 valence electrons. The maximum absolute atomic E-state index is 11.8. The van der Waals surface area contributed by atoms with Crippen molar-refractivity contribution < 1.29 is 9.21 Å². The molecular formula is C13H15N3O2. The topological polar surface area (TPSA) is 68.0 Å². The Labute approximate surface area is 105 Å². The van der Waals surface area contributed by atoms with Crippen LogP contribution in [0.3, 0.4) is 0 Å². The second kappa shape index (κ2) is 5.95. The highest BCUT2D eigenvalue weighted by Crippen LogP contribution is 2.06. The number of hydrogen-bond acceptors (Lipinski definition) is 4. The van der Waals surface area contributed by atoms with Crippen molar-refractivity contribution in [2.75, 3.05) is 0 Å². The van der Waals surface area contributed by atoms with Crippen LogP contribution in [0.5, 0.6) is 0 Å². The van der Waals surface area contributed by atoms with Gasteiger partial charge >= 0.3 is 0 Å². The van der Waals surface area contributed by atoms with Gasteiger partial charge in [-0.15, -0.1) is 0 Å². The van der Waals surface area contributed by atoms with Crippen molar-refractivity contribution in [3.05, 3.63) is 48.4 Å². The molecule has 5 heteroatoms. The molecule has 0 aliphatic carbocycles. The Morgan fingerprint density at radius 2 is 2.39 bits per heavy atom. The van der Waals surface area contributed by atoms with Crippen molar-refractivity contribution in [1.29, 1.82) is 0 Å². The van der Waals surface area contributed by atoms with Crippen molar-refractivity contribution in [3.63, 3.8) is 0 Å². The number of hydrogen-bond donors (Lipinski definition) is 1. The van der Waals surface area contributed by atoms with E-state index >= 15 is 0 Å². The molecule has 2 heterocycles. The van der Waals surface area contributed by atoms with Crippen LogP contribution < -0.4 is 5.32 Å². The van der Waals surface area contributed by atoms with Crippen LogP contribution in [0.1, 0.15) is 29.6 Å². The summed E-state index contributed by atoms with van der Waals surface area (Å²) < 4.78 is 5.24. The van der Waals surface area contributed by atoms with Crippen LogP contribution in [0.2, 0.25) is 0 Å². The Hall–Kier alpha value is -2.17. The van der Waals surface area contributed by atoms with Gasteiger partial charge in [0, 0.05) is 24.9 Å². The molecule has 0 aliphatic rings. The Kier molecular flexibility index (Phi) is 4.06. The maximum atomic E-state index is 11.8. The van der Waals surface area contributed by atoms with Crippen LogP contribution in [0.4, 0.5) is 0 Å². The number of nitrogens with one attached hydrogen (secondary N) is 1. The van der Waals surface area contributed by atoms with Gasteiger partial charge in [0.05, 0.1) is 12.5 Å². The molecular weight excluding hydrogens is 230 g/mol. The zero-order valence-electron chi connectivity index (χ0n) is 10.2. The quantitative estimate of drug-likeness (QED) is 0.872. The molecule has 0 fully saturated rings. The highest BCUT2D eigenvalue weighted by Gasteiger charge is 2.11. The predicted octanol–water partition coefficient (Wildman–Crippen LogP) is 1.82. The molecule has 0 aromatic carbocycles. The summed E-state index contributed by atoms with van der Waals surface area (Å²) in [6.07, 6.45) is 7.76. The zero-order valence-corrected chi connectivity index (χ0v) is 10.2. The van der Waals surface area contributed by atoms with Crippen LogP contribution in [0, 0.1) is 0 Å². The molecule has 0 saturated heterocycles. The third-order valence-electron chi connectivity index (χ3n) is 2.58. The Morgan fingerprint density at radius 1 is 1.50 bits per heavy atom. The molecule has 2 rings (SSSR count). The highest BCUT2D eigenvalue weighted by molar-refractivity contribution is 5.92. The smallest absolute Gasteiger partial charge is 0.271 e. The van der Waals surface area contributed by atoms with Gasteiger partial charge in [0.2, 0.25) is 0 Å². The van der Waals surface area contributed by atoms with Gasteiger partial charge in [-0.1, -0.05) is 0 Å². The number of rotatable bonds is 5. The lowest BCUT2D eigenvalue weighted by Crippen LogP contribution is -2.33. The van der Waals surface area contributed by atoms with Crippen molar-refractivity contribution in [3.8, 4) is 0 Å². The van der Waals surface area contributed by atoms with Gasteiger partial charge in [-0.3, -0.25) is 9.78 Å². The number of aryl methyl sites for hydroxylation is 1. The van der Waals surface area contributed by atoms with Crippen molar-refractivity contribution >= 4 is 5.91 Å². The number of aromatic nitrogens is 2. The first-order chi connectivity index (χ1) is 8.75. The van der Waals surface area contributed by atoms with E-state index in [1.54, 1.807) is 6.26 Å². The molecule has 5 nitrogen and oxygen atoms in total. The standard InChI is InChI=1S/C13H15N3O2/c1-10(4-5-11-3-2-8-18-11)16-13(17)12-9-14-6-7-15-12/h2-3,6-10H,4-5H2,1H3,(H,16,17)/t10-/m0/s1. The summed E-state index contributed by atoms with van der Waals surface area (Å²) in [7, 11) is 0. The summed E-state index contributed by atoms with van der Waals surface area (Å²) in [5.41, 5.74) is 0.336. The number of carbonyl (C=O) groups excluding carboxylic acids is 1. The molecule has 1 amide bonds. The number of carbonyl (C=O) groups is 1. The average molecular weight is 245 g/mol. The summed E-state index contributed by atoms with van der Waals surface area (Å²) in [6.45, 7) is 1.96. The SMILES string of the molecule is C[C@@H](CCc1ccco1)NC(=O)c1cnccn1. The van der Waals surface area contributed by atoms with Crippen LogP contribution in [-0.2, 0) is 6.42 Å². The normalized spacial score (nSPS) is 12.1. The summed E-state index contributed by atoms with van der Waals surface area (Å²) in [6, 6.07) is 3.85. The van der Waals surface area contributed by atoms with Crippen molar-refractivity contribution in [2.24, 2.45) is 0 Å². The number of nitrogens with zero attached hydrogens (tertiary/aromatic N) is 2. The van der Waals surface area contributed by atoms with E-state index in [1.165, 1.54) is 18.6 Å². The van der Waals surface area contributed by atoms with Gasteiger partial charge in [-0.05, 0) is 25.5 Å². The van der Waals surface area contributed by atoms with Gasteiger partial charge in [0.25, 0.3) is 5.91 Å². The Balaban J connectivity index is 1.80. The fourth-order valence-corrected chi connectivity index (χ4v) is 1.60. The monoisotopic (exact) mass is 245 g/mol. The summed E-state index contributed by atoms with van der Waals surface area (Å²) in [5.74, 6) is 0.727. The molecule has 18 heavy (non-hydrogen) atoms. The van der Waals surface area contributed by atoms with Gasteiger partial charge in [-0.25, -0.2) is 4.98 Å². The minimum absolute atomic E-state index is 0.0598. The summed E-state index contributed by atoms with van der Waals surface area (Å²) in [5, 5.41) is 2.88. The molecule has 0 aliphatic heterocycles. The molecule has 2 aromatic rings. The maximum Gasteiger partial charge on any atom is 0.271 e. The van der Waals surface area contributed by atoms with Crippen LogP contribution in [0.15, 0.2) is 41.4 Å². The van der Waals surface area contributed by atoms with E-state index in [1.807, 2.05) is 19.1 Å². The predicted molar refractivity (Wildman–Crippen MR) is 66.0 cm³/mol. The Bertz CT molecular complexity index is 482.